The van der Waals surface area contributed by atoms with Gasteiger partial charge in [-0.3, -0.25) is 0 Å². The molecule has 0 bridgehead atoms. The maximum Gasteiger partial charge on any atom is 0.161 e. The molecule has 0 aliphatic carbocycles. The fourth-order valence-electron chi connectivity index (χ4n) is 2.94. The average molecular weight is 448 g/mol. The molecule has 0 spiro atoms. The molecule has 3 aromatic rings. The second kappa shape index (κ2) is 12.3. The lowest BCUT2D eigenvalue weighted by atomic mass is 10.1. The zero-order chi connectivity index (χ0) is 20.5. The topological polar surface area (TPSA) is 39.7 Å². The van der Waals surface area contributed by atoms with Crippen LogP contribution in [0.2, 0.25) is 5.02 Å². The van der Waals surface area contributed by atoms with Crippen LogP contribution in [0, 0.1) is 0 Å². The van der Waals surface area contributed by atoms with Crippen LogP contribution in [0.5, 0.6) is 17.2 Å². The molecule has 0 aliphatic rings. The van der Waals surface area contributed by atoms with Crippen molar-refractivity contribution in [1.82, 2.24) is 5.32 Å². The predicted octanol–water partition coefficient (Wildman–Crippen LogP) is 5.69. The van der Waals surface area contributed by atoms with Crippen LogP contribution in [0.15, 0.2) is 66.7 Å². The SMILES string of the molecule is COc1ccc(CCNCc2ccc(OCc3ccc(Cl)cc3)c(OC)c2)cc1.Cl. The van der Waals surface area contributed by atoms with Crippen LogP contribution in [-0.2, 0) is 19.6 Å². The molecule has 30 heavy (non-hydrogen) atoms. The molecular formula is C24H27Cl2NO3. The van der Waals surface area contributed by atoms with E-state index in [1.807, 2.05) is 48.5 Å². The van der Waals surface area contributed by atoms with E-state index in [0.29, 0.717) is 6.61 Å². The van der Waals surface area contributed by atoms with E-state index >= 15 is 0 Å². The van der Waals surface area contributed by atoms with Gasteiger partial charge in [0.05, 0.1) is 14.2 Å². The van der Waals surface area contributed by atoms with Gasteiger partial charge in [-0.1, -0.05) is 41.9 Å². The second-order valence-corrected chi connectivity index (χ2v) is 7.11. The van der Waals surface area contributed by atoms with Crippen molar-refractivity contribution in [2.45, 2.75) is 19.6 Å². The standard InChI is InChI=1S/C24H26ClNO3.ClH/c1-27-22-10-5-18(6-11-22)13-14-26-16-20-7-12-23(24(15-20)28-2)29-17-19-3-8-21(25)9-4-19;/h3-12,15,26H,13-14,16-17H2,1-2H3;1H. The van der Waals surface area contributed by atoms with Crippen LogP contribution in [0.4, 0.5) is 0 Å². The van der Waals surface area contributed by atoms with Gasteiger partial charge in [-0.15, -0.1) is 12.4 Å². The van der Waals surface area contributed by atoms with E-state index in [1.165, 1.54) is 5.56 Å². The number of halogens is 2. The number of hydrogen-bond donors (Lipinski definition) is 1. The highest BCUT2D eigenvalue weighted by Gasteiger charge is 2.07. The third-order valence-electron chi connectivity index (χ3n) is 4.61. The van der Waals surface area contributed by atoms with Crippen LogP contribution in [0.1, 0.15) is 16.7 Å². The number of ether oxygens (including phenoxy) is 3. The highest BCUT2D eigenvalue weighted by molar-refractivity contribution is 6.30. The van der Waals surface area contributed by atoms with E-state index in [4.69, 9.17) is 25.8 Å². The Labute approximate surface area is 189 Å². The molecule has 1 N–H and O–H groups in total. The molecule has 4 nitrogen and oxygen atoms in total. The second-order valence-electron chi connectivity index (χ2n) is 6.68. The lowest BCUT2D eigenvalue weighted by molar-refractivity contribution is 0.284. The summed E-state index contributed by atoms with van der Waals surface area (Å²) >= 11 is 5.92. The van der Waals surface area contributed by atoms with E-state index < -0.39 is 0 Å². The van der Waals surface area contributed by atoms with Gasteiger partial charge in [0.1, 0.15) is 12.4 Å². The molecule has 0 atom stereocenters. The van der Waals surface area contributed by atoms with Gasteiger partial charge in [0.15, 0.2) is 11.5 Å². The summed E-state index contributed by atoms with van der Waals surface area (Å²) in [5.74, 6) is 2.34. The highest BCUT2D eigenvalue weighted by atomic mass is 35.5. The van der Waals surface area contributed by atoms with Crippen molar-refractivity contribution in [3.05, 3.63) is 88.4 Å². The van der Waals surface area contributed by atoms with E-state index in [2.05, 4.69) is 23.5 Å². The Morgan fingerprint density at radius 2 is 1.43 bits per heavy atom. The fraction of sp³-hybridized carbons (Fsp3) is 0.250. The summed E-state index contributed by atoms with van der Waals surface area (Å²) in [7, 11) is 3.34. The molecule has 160 valence electrons. The van der Waals surface area contributed by atoms with Crippen LogP contribution in [0.25, 0.3) is 0 Å². The number of nitrogens with one attached hydrogen (secondary N) is 1. The summed E-state index contributed by atoms with van der Waals surface area (Å²) in [6.07, 6.45) is 0.962. The minimum Gasteiger partial charge on any atom is -0.497 e. The first kappa shape index (κ1) is 23.9. The molecule has 0 amide bonds. The Hall–Kier alpha value is -2.40. The summed E-state index contributed by atoms with van der Waals surface area (Å²) in [5.41, 5.74) is 3.48. The number of rotatable bonds is 10. The Morgan fingerprint density at radius 1 is 0.767 bits per heavy atom. The van der Waals surface area contributed by atoms with Gasteiger partial charge in [0.25, 0.3) is 0 Å². The summed E-state index contributed by atoms with van der Waals surface area (Å²) in [6.45, 7) is 2.13. The van der Waals surface area contributed by atoms with Gasteiger partial charge < -0.3 is 19.5 Å². The average Bonchev–Trinajstić information content (AvgIpc) is 2.77. The van der Waals surface area contributed by atoms with Crippen molar-refractivity contribution in [2.75, 3.05) is 20.8 Å². The summed E-state index contributed by atoms with van der Waals surface area (Å²) in [6, 6.07) is 21.8. The highest BCUT2D eigenvalue weighted by Crippen LogP contribution is 2.29. The van der Waals surface area contributed by atoms with Crippen LogP contribution in [0.3, 0.4) is 0 Å². The molecule has 0 saturated heterocycles. The van der Waals surface area contributed by atoms with Crippen molar-refractivity contribution >= 4 is 24.0 Å². The molecule has 0 fully saturated rings. The van der Waals surface area contributed by atoms with E-state index in [9.17, 15) is 0 Å². The van der Waals surface area contributed by atoms with Gasteiger partial charge in [-0.2, -0.15) is 0 Å². The molecule has 0 unspecified atom stereocenters. The number of methoxy groups -OCH3 is 2. The van der Waals surface area contributed by atoms with Crippen LogP contribution in [-0.4, -0.2) is 20.8 Å². The first-order valence-electron chi connectivity index (χ1n) is 9.56. The van der Waals surface area contributed by atoms with Gasteiger partial charge in [-0.25, -0.2) is 0 Å². The molecule has 0 aliphatic heterocycles. The third-order valence-corrected chi connectivity index (χ3v) is 4.87. The van der Waals surface area contributed by atoms with Crippen molar-refractivity contribution in [3.63, 3.8) is 0 Å². The zero-order valence-corrected chi connectivity index (χ0v) is 18.8. The molecule has 6 heteroatoms. The minimum absolute atomic E-state index is 0. The molecule has 0 heterocycles. The smallest absolute Gasteiger partial charge is 0.161 e. The lowest BCUT2D eigenvalue weighted by Gasteiger charge is -2.13. The van der Waals surface area contributed by atoms with Crippen LogP contribution < -0.4 is 19.5 Å². The fourth-order valence-corrected chi connectivity index (χ4v) is 3.07. The minimum atomic E-state index is 0. The zero-order valence-electron chi connectivity index (χ0n) is 17.2. The van der Waals surface area contributed by atoms with Crippen molar-refractivity contribution in [3.8, 4) is 17.2 Å². The molecular weight excluding hydrogens is 421 g/mol. The van der Waals surface area contributed by atoms with E-state index in [0.717, 1.165) is 52.9 Å². The predicted molar refractivity (Wildman–Crippen MR) is 124 cm³/mol. The van der Waals surface area contributed by atoms with Crippen molar-refractivity contribution < 1.29 is 14.2 Å². The van der Waals surface area contributed by atoms with Gasteiger partial charge in [0, 0.05) is 11.6 Å². The maximum atomic E-state index is 5.92. The van der Waals surface area contributed by atoms with Gasteiger partial charge in [-0.05, 0) is 66.1 Å². The van der Waals surface area contributed by atoms with Crippen molar-refractivity contribution in [1.29, 1.82) is 0 Å². The van der Waals surface area contributed by atoms with Gasteiger partial charge >= 0.3 is 0 Å². The van der Waals surface area contributed by atoms with Crippen molar-refractivity contribution in [2.24, 2.45) is 0 Å². The Morgan fingerprint density at radius 3 is 2.10 bits per heavy atom. The summed E-state index contributed by atoms with van der Waals surface area (Å²) < 4.78 is 16.6. The first-order chi connectivity index (χ1) is 14.2. The third kappa shape index (κ3) is 7.13. The number of hydrogen-bond acceptors (Lipinski definition) is 4. The largest absolute Gasteiger partial charge is 0.497 e. The quantitative estimate of drug-likeness (QED) is 0.405. The van der Waals surface area contributed by atoms with E-state index in [-0.39, 0.29) is 12.4 Å². The molecule has 0 aromatic heterocycles. The Bertz CT molecular complexity index is 899. The lowest BCUT2D eigenvalue weighted by Crippen LogP contribution is -2.16. The first-order valence-corrected chi connectivity index (χ1v) is 9.93. The number of benzene rings is 3. The van der Waals surface area contributed by atoms with E-state index in [1.54, 1.807) is 14.2 Å². The summed E-state index contributed by atoms with van der Waals surface area (Å²) in [5, 5.41) is 4.19. The van der Waals surface area contributed by atoms with Gasteiger partial charge in [0.2, 0.25) is 0 Å². The Kier molecular flexibility index (Phi) is 9.81. The normalized spacial score (nSPS) is 10.2. The monoisotopic (exact) mass is 447 g/mol. The Balaban J connectivity index is 0.00000320. The molecule has 0 saturated carbocycles. The van der Waals surface area contributed by atoms with Crippen LogP contribution >= 0.6 is 24.0 Å². The molecule has 3 rings (SSSR count). The summed E-state index contributed by atoms with van der Waals surface area (Å²) in [4.78, 5) is 0. The molecule has 0 radical (unpaired) electrons. The maximum absolute atomic E-state index is 5.92. The molecule has 3 aromatic carbocycles.